The van der Waals surface area contributed by atoms with Crippen LogP contribution in [0.25, 0.3) is 0 Å². The molecule has 4 unspecified atom stereocenters. The number of likely N-dealkylation sites (tertiary alicyclic amines) is 1. The minimum Gasteiger partial charge on any atom is -0.474 e. The minimum atomic E-state index is 0.343. The summed E-state index contributed by atoms with van der Waals surface area (Å²) < 4.78 is 12.1. The zero-order valence-electron chi connectivity index (χ0n) is 16.1. The van der Waals surface area contributed by atoms with E-state index in [2.05, 4.69) is 32.3 Å². The molecule has 1 aromatic heterocycles. The highest BCUT2D eigenvalue weighted by Gasteiger charge is 2.53. The standard InChI is InChI=1S/C21H30N4O2/c1-22-21(25-12-16-17(13-25)19-7-6-18(16)27-19)24-11-14-8-9-23-20(10-14)26-15-4-2-3-5-15/h8-10,15-19H,2-7,11-13H2,1H3,(H,22,24). The maximum absolute atomic E-state index is 6.09. The number of ether oxygens (including phenoxy) is 2. The normalized spacial score (nSPS) is 32.9. The van der Waals surface area contributed by atoms with E-state index < -0.39 is 0 Å². The van der Waals surface area contributed by atoms with Crippen molar-refractivity contribution in [2.24, 2.45) is 16.8 Å². The van der Waals surface area contributed by atoms with E-state index in [4.69, 9.17) is 9.47 Å². The fraction of sp³-hybridized carbons (Fsp3) is 0.714. The molecular weight excluding hydrogens is 340 g/mol. The van der Waals surface area contributed by atoms with Crippen molar-refractivity contribution in [3.8, 4) is 5.88 Å². The van der Waals surface area contributed by atoms with Crippen LogP contribution in [0.1, 0.15) is 44.1 Å². The molecule has 27 heavy (non-hydrogen) atoms. The number of hydrogen-bond acceptors (Lipinski definition) is 4. The van der Waals surface area contributed by atoms with Crippen molar-refractivity contribution in [2.75, 3.05) is 20.1 Å². The molecule has 4 heterocycles. The van der Waals surface area contributed by atoms with Crippen molar-refractivity contribution >= 4 is 5.96 Å². The molecule has 6 heteroatoms. The molecule has 4 fully saturated rings. The third kappa shape index (κ3) is 3.40. The average Bonchev–Trinajstić information content (AvgIpc) is 3.45. The maximum Gasteiger partial charge on any atom is 0.213 e. The van der Waals surface area contributed by atoms with Gasteiger partial charge in [0.15, 0.2) is 5.96 Å². The molecule has 5 rings (SSSR count). The Morgan fingerprint density at radius 1 is 1.22 bits per heavy atom. The quantitative estimate of drug-likeness (QED) is 0.652. The summed E-state index contributed by atoms with van der Waals surface area (Å²) in [5.74, 6) is 3.13. The van der Waals surface area contributed by atoms with E-state index in [1.165, 1.54) is 31.2 Å². The Kier molecular flexibility index (Phi) is 4.68. The monoisotopic (exact) mass is 370 g/mol. The Bertz CT molecular complexity index is 685. The summed E-state index contributed by atoms with van der Waals surface area (Å²) in [5.41, 5.74) is 1.18. The van der Waals surface area contributed by atoms with Gasteiger partial charge in [0.1, 0.15) is 6.10 Å². The van der Waals surface area contributed by atoms with E-state index in [-0.39, 0.29) is 0 Å². The predicted octanol–water partition coefficient (Wildman–Crippen LogP) is 2.59. The van der Waals surface area contributed by atoms with Gasteiger partial charge in [-0.3, -0.25) is 4.99 Å². The van der Waals surface area contributed by atoms with Gasteiger partial charge < -0.3 is 19.7 Å². The number of aliphatic imine (C=N–C) groups is 1. The maximum atomic E-state index is 6.09. The van der Waals surface area contributed by atoms with Gasteiger partial charge in [0.05, 0.1) is 12.2 Å². The molecule has 3 saturated heterocycles. The predicted molar refractivity (Wildman–Crippen MR) is 104 cm³/mol. The number of nitrogens with one attached hydrogen (secondary N) is 1. The van der Waals surface area contributed by atoms with Gasteiger partial charge in [0, 0.05) is 50.8 Å². The molecule has 1 aromatic rings. The number of hydrogen-bond donors (Lipinski definition) is 1. The molecule has 1 aliphatic carbocycles. The van der Waals surface area contributed by atoms with Crippen molar-refractivity contribution in [1.82, 2.24) is 15.2 Å². The number of aromatic nitrogens is 1. The van der Waals surface area contributed by atoms with Gasteiger partial charge in [0.25, 0.3) is 0 Å². The largest absolute Gasteiger partial charge is 0.474 e. The number of fused-ring (bicyclic) bond motifs is 5. The van der Waals surface area contributed by atoms with Crippen molar-refractivity contribution in [3.05, 3.63) is 23.9 Å². The van der Waals surface area contributed by atoms with E-state index in [9.17, 15) is 0 Å². The van der Waals surface area contributed by atoms with Crippen molar-refractivity contribution in [3.63, 3.8) is 0 Å². The number of rotatable bonds is 4. The zero-order valence-corrected chi connectivity index (χ0v) is 16.1. The molecule has 4 atom stereocenters. The van der Waals surface area contributed by atoms with Crippen LogP contribution >= 0.6 is 0 Å². The Morgan fingerprint density at radius 3 is 2.67 bits per heavy atom. The second-order valence-electron chi connectivity index (χ2n) is 8.45. The Balaban J connectivity index is 1.18. The lowest BCUT2D eigenvalue weighted by Gasteiger charge is -2.23. The molecule has 1 saturated carbocycles. The molecule has 1 N–H and O–H groups in total. The zero-order chi connectivity index (χ0) is 18.2. The van der Waals surface area contributed by atoms with Crippen molar-refractivity contribution in [1.29, 1.82) is 0 Å². The summed E-state index contributed by atoms with van der Waals surface area (Å²) in [7, 11) is 1.88. The van der Waals surface area contributed by atoms with Crippen LogP contribution in [0.5, 0.6) is 5.88 Å². The molecule has 4 aliphatic rings. The van der Waals surface area contributed by atoms with Gasteiger partial charge in [-0.1, -0.05) is 0 Å². The Morgan fingerprint density at radius 2 is 1.96 bits per heavy atom. The van der Waals surface area contributed by atoms with E-state index >= 15 is 0 Å². The molecule has 2 bridgehead atoms. The van der Waals surface area contributed by atoms with Gasteiger partial charge in [-0.25, -0.2) is 4.98 Å². The van der Waals surface area contributed by atoms with Crippen LogP contribution in [0.4, 0.5) is 0 Å². The third-order valence-corrected chi connectivity index (χ3v) is 6.80. The highest BCUT2D eigenvalue weighted by Crippen LogP contribution is 2.47. The number of pyridine rings is 1. The van der Waals surface area contributed by atoms with Crippen LogP contribution in [0.15, 0.2) is 23.3 Å². The van der Waals surface area contributed by atoms with Gasteiger partial charge >= 0.3 is 0 Å². The van der Waals surface area contributed by atoms with Crippen molar-refractivity contribution < 1.29 is 9.47 Å². The molecule has 0 aromatic carbocycles. The first kappa shape index (κ1) is 17.3. The first-order valence-corrected chi connectivity index (χ1v) is 10.5. The number of nitrogens with zero attached hydrogens (tertiary/aromatic N) is 3. The van der Waals surface area contributed by atoms with Gasteiger partial charge in [-0.15, -0.1) is 0 Å². The highest BCUT2D eigenvalue weighted by molar-refractivity contribution is 5.80. The van der Waals surface area contributed by atoms with E-state index in [1.807, 2.05) is 13.2 Å². The first-order chi connectivity index (χ1) is 13.3. The Hall–Kier alpha value is -1.82. The van der Waals surface area contributed by atoms with Crippen LogP contribution in [0, 0.1) is 11.8 Å². The van der Waals surface area contributed by atoms with Crippen LogP contribution < -0.4 is 10.1 Å². The van der Waals surface area contributed by atoms with Crippen molar-refractivity contribution in [2.45, 2.75) is 63.4 Å². The average molecular weight is 370 g/mol. The third-order valence-electron chi connectivity index (χ3n) is 6.80. The smallest absolute Gasteiger partial charge is 0.213 e. The van der Waals surface area contributed by atoms with E-state index in [0.29, 0.717) is 30.1 Å². The van der Waals surface area contributed by atoms with E-state index in [0.717, 1.165) is 44.3 Å². The molecule has 0 amide bonds. The second-order valence-corrected chi connectivity index (χ2v) is 8.45. The van der Waals surface area contributed by atoms with Gasteiger partial charge in [-0.05, 0) is 50.2 Å². The minimum absolute atomic E-state index is 0.343. The topological polar surface area (TPSA) is 59.0 Å². The fourth-order valence-corrected chi connectivity index (χ4v) is 5.45. The molecule has 0 radical (unpaired) electrons. The van der Waals surface area contributed by atoms with Crippen LogP contribution in [-0.2, 0) is 11.3 Å². The molecule has 0 spiro atoms. The molecular formula is C21H30N4O2. The van der Waals surface area contributed by atoms with Gasteiger partial charge in [-0.2, -0.15) is 0 Å². The van der Waals surface area contributed by atoms with Crippen LogP contribution in [0.3, 0.4) is 0 Å². The second kappa shape index (κ2) is 7.30. The summed E-state index contributed by atoms with van der Waals surface area (Å²) in [4.78, 5) is 11.3. The lowest BCUT2D eigenvalue weighted by atomic mass is 9.82. The molecule has 3 aliphatic heterocycles. The summed E-state index contributed by atoms with van der Waals surface area (Å²) in [6.07, 6.45) is 10.5. The lowest BCUT2D eigenvalue weighted by molar-refractivity contribution is 0.0767. The summed E-state index contributed by atoms with van der Waals surface area (Å²) >= 11 is 0. The highest BCUT2D eigenvalue weighted by atomic mass is 16.5. The molecule has 6 nitrogen and oxygen atoms in total. The SMILES string of the molecule is CN=C(NCc1ccnc(OC2CCCC2)c1)N1CC2C3CCC(O3)C2C1. The Labute approximate surface area is 161 Å². The van der Waals surface area contributed by atoms with Gasteiger partial charge in [0.2, 0.25) is 5.88 Å². The molecule has 146 valence electrons. The lowest BCUT2D eigenvalue weighted by Crippen LogP contribution is -2.41. The summed E-state index contributed by atoms with van der Waals surface area (Å²) in [6.45, 7) is 2.88. The van der Waals surface area contributed by atoms with Crippen LogP contribution in [0.2, 0.25) is 0 Å². The number of guanidine groups is 1. The van der Waals surface area contributed by atoms with Crippen LogP contribution in [-0.4, -0.2) is 54.3 Å². The fourth-order valence-electron chi connectivity index (χ4n) is 5.45. The first-order valence-electron chi connectivity index (χ1n) is 10.5. The summed E-state index contributed by atoms with van der Waals surface area (Å²) in [6, 6.07) is 4.11. The van der Waals surface area contributed by atoms with E-state index in [1.54, 1.807) is 0 Å². The summed E-state index contributed by atoms with van der Waals surface area (Å²) in [5, 5.41) is 3.54.